The van der Waals surface area contributed by atoms with Crippen molar-refractivity contribution in [2.45, 2.75) is 18.9 Å². The molecule has 24 heavy (non-hydrogen) atoms. The van der Waals surface area contributed by atoms with Crippen molar-refractivity contribution < 1.29 is 17.9 Å². The molecule has 1 aliphatic rings. The summed E-state index contributed by atoms with van der Waals surface area (Å²) in [7, 11) is -1.22. The Morgan fingerprint density at radius 1 is 1.38 bits per heavy atom. The normalized spacial score (nSPS) is 22.5. The van der Waals surface area contributed by atoms with Gasteiger partial charge in [0.1, 0.15) is 12.4 Å². The van der Waals surface area contributed by atoms with Crippen LogP contribution < -0.4 is 10.1 Å². The fourth-order valence-corrected chi connectivity index (χ4v) is 4.88. The van der Waals surface area contributed by atoms with Gasteiger partial charge in [0, 0.05) is 11.6 Å². The summed E-state index contributed by atoms with van der Waals surface area (Å²) in [5, 5.41) is 3.49. The van der Waals surface area contributed by atoms with Crippen molar-refractivity contribution in [3.63, 3.8) is 0 Å². The Balaban J connectivity index is 1.71. The van der Waals surface area contributed by atoms with Crippen molar-refractivity contribution in [2.75, 3.05) is 38.2 Å². The number of hydrogen-bond donors (Lipinski definition) is 1. The molecule has 0 saturated carbocycles. The van der Waals surface area contributed by atoms with Crippen molar-refractivity contribution in [1.82, 2.24) is 10.2 Å². The van der Waals surface area contributed by atoms with Crippen LogP contribution in [0.5, 0.6) is 5.75 Å². The van der Waals surface area contributed by atoms with E-state index in [2.05, 4.69) is 5.32 Å². The van der Waals surface area contributed by atoms with Gasteiger partial charge < -0.3 is 10.1 Å². The minimum Gasteiger partial charge on any atom is -0.492 e. The molecule has 1 heterocycles. The lowest BCUT2D eigenvalue weighted by Crippen LogP contribution is -2.50. The molecule has 1 amide bonds. The van der Waals surface area contributed by atoms with Crippen molar-refractivity contribution in [1.29, 1.82) is 0 Å². The zero-order valence-corrected chi connectivity index (χ0v) is 15.5. The molecule has 0 aliphatic carbocycles. The number of nitrogens with one attached hydrogen (secondary N) is 1. The van der Waals surface area contributed by atoms with Crippen LogP contribution in [0.4, 0.5) is 0 Å². The molecule has 6 nitrogen and oxygen atoms in total. The number of ether oxygens (including phenoxy) is 1. The summed E-state index contributed by atoms with van der Waals surface area (Å²) in [5.74, 6) is 0.688. The third kappa shape index (κ3) is 5.96. The number of amides is 1. The van der Waals surface area contributed by atoms with Gasteiger partial charge in [-0.3, -0.25) is 9.69 Å². The Labute approximate surface area is 148 Å². The summed E-state index contributed by atoms with van der Waals surface area (Å²) in [6.07, 6.45) is 0.463. The van der Waals surface area contributed by atoms with Crippen LogP contribution in [-0.2, 0) is 14.6 Å². The second kappa shape index (κ2) is 7.72. The van der Waals surface area contributed by atoms with Gasteiger partial charge in [0.2, 0.25) is 5.91 Å². The maximum absolute atomic E-state index is 12.1. The summed E-state index contributed by atoms with van der Waals surface area (Å²) in [4.78, 5) is 13.9. The summed E-state index contributed by atoms with van der Waals surface area (Å²) >= 11 is 5.81. The Morgan fingerprint density at radius 3 is 2.62 bits per heavy atom. The molecule has 0 bridgehead atoms. The van der Waals surface area contributed by atoms with Crippen LogP contribution >= 0.6 is 11.6 Å². The number of halogens is 1. The topological polar surface area (TPSA) is 75.7 Å². The molecule has 1 unspecified atom stereocenters. The van der Waals surface area contributed by atoms with Gasteiger partial charge in [-0.15, -0.1) is 0 Å². The van der Waals surface area contributed by atoms with Gasteiger partial charge in [-0.1, -0.05) is 11.6 Å². The second-order valence-electron chi connectivity index (χ2n) is 6.49. The predicted molar refractivity (Wildman–Crippen MR) is 94.3 cm³/mol. The van der Waals surface area contributed by atoms with Gasteiger partial charge >= 0.3 is 0 Å². The zero-order chi connectivity index (χ0) is 17.8. The van der Waals surface area contributed by atoms with Crippen LogP contribution in [-0.4, -0.2) is 63.0 Å². The number of sulfone groups is 1. The van der Waals surface area contributed by atoms with E-state index in [1.165, 1.54) is 0 Å². The first-order valence-corrected chi connectivity index (χ1v) is 9.96. The third-order valence-corrected chi connectivity index (χ3v) is 6.07. The highest BCUT2D eigenvalue weighted by atomic mass is 35.5. The lowest BCUT2D eigenvalue weighted by molar-refractivity contribution is -0.123. The lowest BCUT2D eigenvalue weighted by atomic mass is 10.0. The first-order chi connectivity index (χ1) is 11.2. The maximum Gasteiger partial charge on any atom is 0.234 e. The molecular weight excluding hydrogens is 352 g/mol. The zero-order valence-electron chi connectivity index (χ0n) is 13.9. The molecule has 2 rings (SSSR count). The summed E-state index contributed by atoms with van der Waals surface area (Å²) in [6.45, 7) is 2.99. The Hall–Kier alpha value is -1.31. The largest absolute Gasteiger partial charge is 0.492 e. The number of carbonyl (C=O) groups excluding carboxylic acids is 1. The van der Waals surface area contributed by atoms with Crippen LogP contribution in [0.1, 0.15) is 13.3 Å². The van der Waals surface area contributed by atoms with E-state index in [-0.39, 0.29) is 24.0 Å². The number of rotatable bonds is 7. The molecule has 1 aliphatic heterocycles. The average Bonchev–Trinajstić information content (AvgIpc) is 2.74. The molecule has 134 valence electrons. The molecule has 1 aromatic rings. The van der Waals surface area contributed by atoms with Crippen LogP contribution in [0.25, 0.3) is 0 Å². The number of carbonyl (C=O) groups is 1. The average molecular weight is 375 g/mol. The van der Waals surface area contributed by atoms with Crippen LogP contribution in [0.3, 0.4) is 0 Å². The van der Waals surface area contributed by atoms with Crippen LogP contribution in [0.15, 0.2) is 24.3 Å². The van der Waals surface area contributed by atoms with Gasteiger partial charge in [-0.05, 0) is 44.7 Å². The molecule has 1 fully saturated rings. The van der Waals surface area contributed by atoms with E-state index in [1.54, 1.807) is 31.2 Å². The molecule has 8 heteroatoms. The van der Waals surface area contributed by atoms with Crippen molar-refractivity contribution in [3.8, 4) is 5.75 Å². The highest BCUT2D eigenvalue weighted by Crippen LogP contribution is 2.22. The van der Waals surface area contributed by atoms with E-state index in [9.17, 15) is 13.2 Å². The third-order valence-electron chi connectivity index (χ3n) is 3.91. The van der Waals surface area contributed by atoms with Crippen molar-refractivity contribution in [3.05, 3.63) is 29.3 Å². The molecule has 1 aromatic carbocycles. The molecule has 1 saturated heterocycles. The number of likely N-dealkylation sites (N-methyl/N-ethyl adjacent to an activating group) is 1. The number of hydrogen-bond acceptors (Lipinski definition) is 5. The standard InChI is InChI=1S/C16H23ClN2O4S/c1-16(7-10-24(21,22)12-16)18-15(20)11-19(2)8-9-23-14-5-3-13(17)4-6-14/h3-6H,7-12H2,1-2H3,(H,18,20). The summed E-state index contributed by atoms with van der Waals surface area (Å²) < 4.78 is 28.7. The smallest absolute Gasteiger partial charge is 0.234 e. The van der Waals surface area contributed by atoms with E-state index in [1.807, 2.05) is 11.9 Å². The molecule has 1 N–H and O–H groups in total. The van der Waals surface area contributed by atoms with E-state index >= 15 is 0 Å². The van der Waals surface area contributed by atoms with E-state index in [0.717, 1.165) is 5.75 Å². The Kier molecular flexibility index (Phi) is 6.11. The van der Waals surface area contributed by atoms with Gasteiger partial charge in [-0.2, -0.15) is 0 Å². The molecule has 0 radical (unpaired) electrons. The van der Waals surface area contributed by atoms with E-state index in [0.29, 0.717) is 24.6 Å². The Morgan fingerprint density at radius 2 is 2.04 bits per heavy atom. The highest BCUT2D eigenvalue weighted by Gasteiger charge is 2.39. The first-order valence-electron chi connectivity index (χ1n) is 7.76. The van der Waals surface area contributed by atoms with Crippen molar-refractivity contribution in [2.24, 2.45) is 0 Å². The molecule has 0 spiro atoms. The second-order valence-corrected chi connectivity index (χ2v) is 9.11. The fraction of sp³-hybridized carbons (Fsp3) is 0.562. The predicted octanol–water partition coefficient (Wildman–Crippen LogP) is 1.34. The number of benzene rings is 1. The quantitative estimate of drug-likeness (QED) is 0.779. The molecule has 0 aromatic heterocycles. The maximum atomic E-state index is 12.1. The highest BCUT2D eigenvalue weighted by molar-refractivity contribution is 7.91. The van der Waals surface area contributed by atoms with Gasteiger partial charge in [0.15, 0.2) is 9.84 Å². The minimum absolute atomic E-state index is 0.00906. The SMILES string of the molecule is CN(CCOc1ccc(Cl)cc1)CC(=O)NC1(C)CCS(=O)(=O)C1. The monoisotopic (exact) mass is 374 g/mol. The number of nitrogens with zero attached hydrogens (tertiary/aromatic N) is 1. The van der Waals surface area contributed by atoms with E-state index < -0.39 is 15.4 Å². The fourth-order valence-electron chi connectivity index (χ4n) is 2.66. The van der Waals surface area contributed by atoms with Gasteiger partial charge in [0.05, 0.1) is 23.6 Å². The first kappa shape index (κ1) is 19.0. The van der Waals surface area contributed by atoms with Crippen LogP contribution in [0.2, 0.25) is 5.02 Å². The molecule has 1 atom stereocenters. The van der Waals surface area contributed by atoms with Gasteiger partial charge in [-0.25, -0.2) is 8.42 Å². The van der Waals surface area contributed by atoms with Crippen molar-refractivity contribution >= 4 is 27.3 Å². The lowest BCUT2D eigenvalue weighted by Gasteiger charge is -2.25. The summed E-state index contributed by atoms with van der Waals surface area (Å²) in [6, 6.07) is 7.08. The summed E-state index contributed by atoms with van der Waals surface area (Å²) in [5.41, 5.74) is -0.656. The minimum atomic E-state index is -3.03. The van der Waals surface area contributed by atoms with Crippen LogP contribution in [0, 0.1) is 0 Å². The molecular formula is C16H23ClN2O4S. The van der Waals surface area contributed by atoms with E-state index in [4.69, 9.17) is 16.3 Å². The Bertz CT molecular complexity index is 678. The van der Waals surface area contributed by atoms with Gasteiger partial charge in [0.25, 0.3) is 0 Å².